The topological polar surface area (TPSA) is 268 Å². The van der Waals surface area contributed by atoms with Gasteiger partial charge >= 0.3 is 18.0 Å². The van der Waals surface area contributed by atoms with Crippen molar-refractivity contribution in [1.29, 1.82) is 0 Å². The Morgan fingerprint density at radius 1 is 0.500 bits per heavy atom. The van der Waals surface area contributed by atoms with E-state index in [1.54, 1.807) is 70.6 Å². The number of amides is 6. The van der Waals surface area contributed by atoms with E-state index < -0.39 is 10.0 Å². The van der Waals surface area contributed by atoms with E-state index in [9.17, 15) is 46.8 Å². The first-order chi connectivity index (χ1) is 26.0. The first-order valence-electron chi connectivity index (χ1n) is 17.1. The van der Waals surface area contributed by atoms with Crippen LogP contribution in [-0.4, -0.2) is 190 Å². The number of esters is 2. The predicted molar refractivity (Wildman–Crippen MR) is 236 cm³/mol. The highest BCUT2D eigenvalue weighted by atomic mass is 32.2. The zero-order valence-electron chi connectivity index (χ0n) is 41.3. The van der Waals surface area contributed by atoms with Gasteiger partial charge in [-0.1, -0.05) is 20.3 Å². The average Bonchev–Trinajstić information content (AvgIpc) is 3.09. The molecule has 0 radical (unpaired) electrons. The average molecular weight is 873 g/mol. The number of urea groups is 1. The summed E-state index contributed by atoms with van der Waals surface area (Å²) in [4.78, 5) is 83.2. The molecule has 0 heterocycles. The molecule has 0 aromatic carbocycles. The summed E-state index contributed by atoms with van der Waals surface area (Å²) in [5.41, 5.74) is 0. The summed E-state index contributed by atoms with van der Waals surface area (Å²) in [6.07, 6.45) is 2.35. The third-order valence-electron chi connectivity index (χ3n) is 3.36. The van der Waals surface area contributed by atoms with Crippen LogP contribution in [0.25, 0.3) is 0 Å². The molecule has 0 rings (SSSR count). The maximum atomic E-state index is 10.1. The fourth-order valence-corrected chi connectivity index (χ4v) is 0.125. The molecule has 0 aromatic heterocycles. The highest BCUT2D eigenvalue weighted by molar-refractivity contribution is 7.88. The number of sulfonamides is 1. The van der Waals surface area contributed by atoms with Gasteiger partial charge in [0.1, 0.15) is 5.78 Å². The number of nitrogens with zero attached hydrogens (tertiary/aromatic N) is 3. The second-order valence-corrected chi connectivity index (χ2v) is 13.0. The van der Waals surface area contributed by atoms with Crippen molar-refractivity contribution in [3.8, 4) is 0 Å². The van der Waals surface area contributed by atoms with E-state index in [-0.39, 0.29) is 47.4 Å². The zero-order valence-corrected chi connectivity index (χ0v) is 42.1. The fraction of sp³-hybridized carbons (Fsp3) is 0.778. The molecule has 0 saturated carbocycles. The summed E-state index contributed by atoms with van der Waals surface area (Å²) >= 11 is 0. The Hall–Kier alpha value is -4.41. The minimum atomic E-state index is -2.91. The van der Waals surface area contributed by atoms with E-state index in [0.717, 1.165) is 6.26 Å². The van der Waals surface area contributed by atoms with Crippen molar-refractivity contribution in [2.45, 2.75) is 75.7 Å². The molecule has 5 N–H and O–H groups in total. The van der Waals surface area contributed by atoms with Gasteiger partial charge in [-0.15, -0.1) is 0 Å². The van der Waals surface area contributed by atoms with Gasteiger partial charge < -0.3 is 55.0 Å². The number of Topliss-reactive ketones (excluding diaryl/α,β-unsaturated/α-hetero) is 1. The minimum absolute atomic E-state index is 0.00463. The number of ketones is 1. The van der Waals surface area contributed by atoms with Crippen molar-refractivity contribution in [3.63, 3.8) is 0 Å². The Kier molecular flexibility index (Phi) is 109. The number of nitrogens with one attached hydrogen (secondary N) is 5. The van der Waals surface area contributed by atoms with Crippen molar-refractivity contribution in [1.82, 2.24) is 40.7 Å². The summed E-state index contributed by atoms with van der Waals surface area (Å²) < 4.78 is 34.3. The molecule has 21 nitrogen and oxygen atoms in total. The Bertz CT molecular complexity index is 953. The van der Waals surface area contributed by atoms with Crippen LogP contribution in [0.3, 0.4) is 0 Å². The fourth-order valence-electron chi connectivity index (χ4n) is 0.125. The van der Waals surface area contributed by atoms with E-state index in [1.165, 1.54) is 92.9 Å². The van der Waals surface area contributed by atoms with Gasteiger partial charge in [0.2, 0.25) is 33.7 Å². The maximum absolute atomic E-state index is 10.1. The number of carbonyl (C=O) groups excluding carboxylic acids is 8. The lowest BCUT2D eigenvalue weighted by atomic mass is 10.6. The van der Waals surface area contributed by atoms with Gasteiger partial charge in [-0.3, -0.25) is 28.8 Å². The van der Waals surface area contributed by atoms with Crippen LogP contribution in [0.1, 0.15) is 75.7 Å². The minimum Gasteiger partial charge on any atom is -0.469 e. The Labute approximate surface area is 353 Å². The van der Waals surface area contributed by atoms with Crippen LogP contribution in [0.2, 0.25) is 0 Å². The van der Waals surface area contributed by atoms with Gasteiger partial charge in [0.25, 0.3) is 0 Å². The number of rotatable bonds is 1. The van der Waals surface area contributed by atoms with Crippen LogP contribution in [0.4, 0.5) is 4.79 Å². The van der Waals surface area contributed by atoms with Gasteiger partial charge in [-0.25, -0.2) is 17.9 Å². The van der Waals surface area contributed by atoms with Crippen LogP contribution >= 0.6 is 0 Å². The smallest absolute Gasteiger partial charge is 0.314 e. The molecule has 0 aromatic rings. The number of ether oxygens (including phenoxy) is 3. The molecule has 6 amide bonds. The summed E-state index contributed by atoms with van der Waals surface area (Å²) in [6, 6.07) is -0.157. The predicted octanol–water partition coefficient (Wildman–Crippen LogP) is 1.21. The van der Waals surface area contributed by atoms with Crippen molar-refractivity contribution >= 4 is 57.4 Å². The standard InChI is InChI=1S/2C4H9NO.C3H8N2O.2C3H7NO.C3H9N.2C3H6O2.C3H6O.C3H8.C2H7NO2S.C2H6O/c2*1-4(6)5(2)3;1-4-3(6)5-2;2*1-3(5)4-2;1-4(2)3;2*1-3(4)5-2;1-3(2)4;1-3-2;1-3-6(2,4)5;1-3-2/h2*1-3H3;1-2H3,(H2,4,5,6);2*1-2H3,(H,4,5);1-3H3;2*1-2H3;1-2H3;3H2,1-2H3;3H,1-2H3;1-2H3. The number of hydrogen-bond donors (Lipinski definition) is 5. The van der Waals surface area contributed by atoms with Gasteiger partial charge in [0.15, 0.2) is 0 Å². The Morgan fingerprint density at radius 2 is 0.603 bits per heavy atom. The van der Waals surface area contributed by atoms with Gasteiger partial charge in [-0.05, 0) is 42.0 Å². The first kappa shape index (κ1) is 85.7. The first-order valence-corrected chi connectivity index (χ1v) is 19.0. The molecule has 0 atom stereocenters. The van der Waals surface area contributed by atoms with Crippen LogP contribution < -0.4 is 26.0 Å². The summed E-state index contributed by atoms with van der Waals surface area (Å²) in [7, 11) is 23.6. The molecule has 0 fully saturated rings. The molecule has 22 heteroatoms. The normalized spacial score (nSPS) is 7.59. The third kappa shape index (κ3) is 382. The molecule has 0 bridgehead atoms. The summed E-state index contributed by atoms with van der Waals surface area (Å²) in [6.45, 7) is 16.0. The highest BCUT2D eigenvalue weighted by Gasteiger charge is 1.89. The zero-order chi connectivity index (χ0) is 50.2. The Balaban J connectivity index is -0.0000000400. The van der Waals surface area contributed by atoms with Crippen LogP contribution in [0.5, 0.6) is 0 Å². The molecular formula is C36H88N8O13S. The lowest BCUT2D eigenvalue weighted by Gasteiger charge is -2.02. The van der Waals surface area contributed by atoms with Gasteiger partial charge in [0, 0.05) is 112 Å². The largest absolute Gasteiger partial charge is 0.469 e. The van der Waals surface area contributed by atoms with E-state index >= 15 is 0 Å². The van der Waals surface area contributed by atoms with Gasteiger partial charge in [-0.2, -0.15) is 0 Å². The quantitative estimate of drug-likeness (QED) is 0.232. The lowest BCUT2D eigenvalue weighted by molar-refractivity contribution is -0.138. The number of carbonyl (C=O) groups is 8. The SMILES string of the molecule is CC(=O)N(C)C.CC(=O)N(C)C.CC(C)=O.CCC.CN(C)C.CNC(=O)NC.CNC(C)=O.CNC(C)=O.CNS(C)(=O)=O.COC.COC(C)=O.COC(C)=O. The molecule has 0 aliphatic carbocycles. The van der Waals surface area contributed by atoms with E-state index in [2.05, 4.69) is 54.0 Å². The molecule has 0 spiro atoms. The van der Waals surface area contributed by atoms with Crippen molar-refractivity contribution in [2.75, 3.05) is 119 Å². The molecule has 0 saturated heterocycles. The second-order valence-electron chi connectivity index (χ2n) is 11.0. The van der Waals surface area contributed by atoms with E-state index in [1.807, 2.05) is 26.0 Å². The van der Waals surface area contributed by atoms with Crippen LogP contribution in [-0.2, 0) is 57.8 Å². The Morgan fingerprint density at radius 3 is 0.603 bits per heavy atom. The molecular weight excluding hydrogens is 785 g/mol. The van der Waals surface area contributed by atoms with Crippen LogP contribution in [0, 0.1) is 0 Å². The van der Waals surface area contributed by atoms with Gasteiger partial charge in [0.05, 0.1) is 20.5 Å². The van der Waals surface area contributed by atoms with E-state index in [0.29, 0.717) is 0 Å². The van der Waals surface area contributed by atoms with Crippen molar-refractivity contribution < 1.29 is 61.0 Å². The molecule has 0 aliphatic heterocycles. The number of hydrogen-bond acceptors (Lipinski definition) is 14. The van der Waals surface area contributed by atoms with Crippen LogP contribution in [0.15, 0.2) is 0 Å². The maximum Gasteiger partial charge on any atom is 0.314 e. The van der Waals surface area contributed by atoms with Crippen molar-refractivity contribution in [2.24, 2.45) is 0 Å². The monoisotopic (exact) mass is 873 g/mol. The highest BCUT2D eigenvalue weighted by Crippen LogP contribution is 1.70. The molecule has 356 valence electrons. The molecule has 58 heavy (non-hydrogen) atoms. The third-order valence-corrected chi connectivity index (χ3v) is 4.11. The lowest BCUT2D eigenvalue weighted by Crippen LogP contribution is -2.28. The van der Waals surface area contributed by atoms with E-state index in [4.69, 9.17) is 0 Å². The second kappa shape index (κ2) is 73.7. The van der Waals surface area contributed by atoms with Crippen molar-refractivity contribution in [3.05, 3.63) is 0 Å². The summed E-state index contributed by atoms with van der Waals surface area (Å²) in [5.74, 6) is -0.130. The molecule has 0 unspecified atom stereocenters. The summed E-state index contributed by atoms with van der Waals surface area (Å²) in [5, 5.41) is 9.51. The number of methoxy groups -OCH3 is 3. The molecule has 0 aliphatic rings.